The Bertz CT molecular complexity index is 1430. The highest BCUT2D eigenvalue weighted by molar-refractivity contribution is 7.18. The highest BCUT2D eigenvalue weighted by Gasteiger charge is 2.43. The van der Waals surface area contributed by atoms with E-state index in [2.05, 4.69) is 32.1 Å². The average Bonchev–Trinajstić information content (AvgIpc) is 3.17. The molecule has 4 aromatic heterocycles. The average molecular weight is 503 g/mol. The van der Waals surface area contributed by atoms with Crippen molar-refractivity contribution >= 4 is 27.5 Å². The van der Waals surface area contributed by atoms with Gasteiger partial charge in [0.25, 0.3) is 0 Å². The Morgan fingerprint density at radius 1 is 1.17 bits per heavy atom. The molecule has 12 heteroatoms. The number of ketones is 1. The molecule has 1 fully saturated rings. The number of methoxy groups -OCH3 is 1. The van der Waals surface area contributed by atoms with E-state index in [0.717, 1.165) is 50.2 Å². The lowest BCUT2D eigenvalue weighted by atomic mass is 9.90. The molecule has 0 unspecified atom stereocenters. The molecule has 1 aliphatic carbocycles. The van der Waals surface area contributed by atoms with Crippen molar-refractivity contribution < 1.29 is 22.7 Å². The first-order valence-electron chi connectivity index (χ1n) is 10.9. The third-order valence-corrected chi connectivity index (χ3v) is 7.02. The molecule has 1 saturated carbocycles. The molecular formula is C23H21F3N6O2S. The molecule has 0 amide bonds. The number of Topliss-reactive ketones (excluding diaryl/α,β-unsaturated/α-hetero) is 1. The first-order valence-corrected chi connectivity index (χ1v) is 11.7. The van der Waals surface area contributed by atoms with Gasteiger partial charge in [-0.15, -0.1) is 4.80 Å². The molecule has 5 rings (SSSR count). The van der Waals surface area contributed by atoms with Crippen LogP contribution in [-0.2, 0) is 29.2 Å². The van der Waals surface area contributed by atoms with Crippen molar-refractivity contribution in [3.8, 4) is 11.7 Å². The van der Waals surface area contributed by atoms with Crippen LogP contribution in [-0.4, -0.2) is 42.8 Å². The van der Waals surface area contributed by atoms with E-state index in [1.807, 2.05) is 6.92 Å². The van der Waals surface area contributed by atoms with Crippen molar-refractivity contribution in [2.45, 2.75) is 51.1 Å². The second-order valence-electron chi connectivity index (χ2n) is 8.84. The van der Waals surface area contributed by atoms with Gasteiger partial charge in [0.05, 0.1) is 24.5 Å². The Kier molecular flexibility index (Phi) is 5.58. The van der Waals surface area contributed by atoms with Gasteiger partial charge in [-0.05, 0) is 42.4 Å². The summed E-state index contributed by atoms with van der Waals surface area (Å²) in [4.78, 5) is 27.8. The fraction of sp³-hybridized carbons (Fsp3) is 0.391. The van der Waals surface area contributed by atoms with E-state index in [1.54, 1.807) is 6.20 Å². The number of nitrogens with zero attached hydrogens (tertiary/aromatic N) is 6. The lowest BCUT2D eigenvalue weighted by Crippen LogP contribution is -2.18. The van der Waals surface area contributed by atoms with Crippen LogP contribution >= 0.6 is 11.3 Å². The second-order valence-corrected chi connectivity index (χ2v) is 10.0. The first kappa shape index (κ1) is 23.3. The van der Waals surface area contributed by atoms with Crippen LogP contribution in [0.25, 0.3) is 16.2 Å². The summed E-state index contributed by atoms with van der Waals surface area (Å²) in [5, 5.41) is 8.40. The molecule has 8 nitrogen and oxygen atoms in total. The van der Waals surface area contributed by atoms with Crippen LogP contribution in [0.2, 0.25) is 0 Å². The molecule has 0 aliphatic heterocycles. The first-order chi connectivity index (χ1) is 16.6. The highest BCUT2D eigenvalue weighted by Crippen LogP contribution is 2.51. The Hall–Kier alpha value is -3.41. The number of aryl methyl sites for hydroxylation is 1. The maximum Gasteiger partial charge on any atom is 0.420 e. The van der Waals surface area contributed by atoms with Crippen molar-refractivity contribution in [3.05, 3.63) is 51.9 Å². The van der Waals surface area contributed by atoms with E-state index in [0.29, 0.717) is 0 Å². The van der Waals surface area contributed by atoms with Gasteiger partial charge in [-0.3, -0.25) is 4.79 Å². The molecule has 4 aromatic rings. The monoisotopic (exact) mass is 502 g/mol. The van der Waals surface area contributed by atoms with Gasteiger partial charge in [-0.2, -0.15) is 28.4 Å². The molecular weight excluding hydrogens is 481 g/mol. The van der Waals surface area contributed by atoms with Gasteiger partial charge in [-0.25, -0.2) is 9.97 Å². The Morgan fingerprint density at radius 2 is 1.86 bits per heavy atom. The summed E-state index contributed by atoms with van der Waals surface area (Å²) in [6.07, 6.45) is 1.18. The molecule has 35 heavy (non-hydrogen) atoms. The largest absolute Gasteiger partial charge is 0.481 e. The summed E-state index contributed by atoms with van der Waals surface area (Å²) in [5.74, 6) is -0.883. The molecule has 1 aliphatic rings. The van der Waals surface area contributed by atoms with Crippen molar-refractivity contribution in [1.82, 2.24) is 29.9 Å². The number of fused-ring (bicyclic) bond motifs is 1. The van der Waals surface area contributed by atoms with Crippen LogP contribution in [0.1, 0.15) is 47.0 Å². The number of carbonyl (C=O) groups excluding carboxylic acids is 1. The van der Waals surface area contributed by atoms with E-state index in [4.69, 9.17) is 4.74 Å². The van der Waals surface area contributed by atoms with Gasteiger partial charge in [0.2, 0.25) is 5.88 Å². The molecule has 0 aromatic carbocycles. The molecule has 0 radical (unpaired) electrons. The predicted octanol–water partition coefficient (Wildman–Crippen LogP) is 4.41. The van der Waals surface area contributed by atoms with Crippen LogP contribution in [0.3, 0.4) is 0 Å². The summed E-state index contributed by atoms with van der Waals surface area (Å²) in [6, 6.07) is 0.886. The molecule has 0 bridgehead atoms. The number of alkyl halides is 3. The Balaban J connectivity index is 1.50. The fourth-order valence-electron chi connectivity index (χ4n) is 4.27. The Morgan fingerprint density at radius 3 is 2.49 bits per heavy atom. The SMILES string of the molecule is COc1nc(-n2nccn2)c(C(F)(F)F)cc1CC(=O)Cc1cnc2sc(C)nc2c1C1(C)CC1. The number of ether oxygens (including phenoxy) is 1. The normalized spacial score (nSPS) is 14.9. The summed E-state index contributed by atoms with van der Waals surface area (Å²) >= 11 is 1.50. The maximum atomic E-state index is 13.8. The number of rotatable bonds is 7. The highest BCUT2D eigenvalue weighted by atomic mass is 32.1. The van der Waals surface area contributed by atoms with E-state index >= 15 is 0 Å². The van der Waals surface area contributed by atoms with E-state index in [1.165, 1.54) is 30.8 Å². The van der Waals surface area contributed by atoms with Gasteiger partial charge in [0.15, 0.2) is 5.82 Å². The minimum absolute atomic E-state index is 0.0252. The maximum absolute atomic E-state index is 13.8. The number of pyridine rings is 2. The molecule has 0 atom stereocenters. The van der Waals surface area contributed by atoms with E-state index in [9.17, 15) is 18.0 Å². The van der Waals surface area contributed by atoms with Gasteiger partial charge in [0, 0.05) is 24.6 Å². The lowest BCUT2D eigenvalue weighted by Gasteiger charge is -2.17. The van der Waals surface area contributed by atoms with Gasteiger partial charge < -0.3 is 4.74 Å². The predicted molar refractivity (Wildman–Crippen MR) is 122 cm³/mol. The lowest BCUT2D eigenvalue weighted by molar-refractivity contribution is -0.138. The molecule has 0 saturated heterocycles. The quantitative estimate of drug-likeness (QED) is 0.369. The van der Waals surface area contributed by atoms with Crippen LogP contribution in [0.4, 0.5) is 13.2 Å². The number of halogens is 3. The molecule has 0 spiro atoms. The van der Waals surface area contributed by atoms with Gasteiger partial charge in [-0.1, -0.05) is 18.3 Å². The van der Waals surface area contributed by atoms with Gasteiger partial charge in [0.1, 0.15) is 21.7 Å². The smallest absolute Gasteiger partial charge is 0.420 e. The summed E-state index contributed by atoms with van der Waals surface area (Å²) in [6.45, 7) is 4.05. The standard InChI is InChI=1S/C23H21F3N6O2S/c1-12-30-18-17(22(2)4-5-22)14(11-27-21(18)35-12)9-15(33)8-13-10-16(23(24,25)26)19(31-20(13)34-3)32-28-6-7-29-32/h6-7,10-11H,4-5,8-9H2,1-3H3. The molecule has 0 N–H and O–H groups in total. The zero-order chi connectivity index (χ0) is 25.0. The number of aromatic nitrogens is 6. The Labute approximate surface area is 202 Å². The summed E-state index contributed by atoms with van der Waals surface area (Å²) in [7, 11) is 1.29. The molecule has 182 valence electrons. The third kappa shape index (κ3) is 4.38. The van der Waals surface area contributed by atoms with Crippen molar-refractivity contribution in [2.24, 2.45) is 0 Å². The summed E-state index contributed by atoms with van der Waals surface area (Å²) < 4.78 is 46.7. The second kappa shape index (κ2) is 8.36. The topological polar surface area (TPSA) is 95.7 Å². The number of hydrogen-bond donors (Lipinski definition) is 0. The zero-order valence-corrected chi connectivity index (χ0v) is 20.0. The van der Waals surface area contributed by atoms with Crippen LogP contribution < -0.4 is 4.74 Å². The van der Waals surface area contributed by atoms with Crippen LogP contribution in [0, 0.1) is 6.92 Å². The number of hydrogen-bond acceptors (Lipinski definition) is 8. The minimum atomic E-state index is -4.73. The number of carbonyl (C=O) groups is 1. The van der Waals surface area contributed by atoms with Crippen LogP contribution in [0.5, 0.6) is 5.88 Å². The van der Waals surface area contributed by atoms with E-state index in [-0.39, 0.29) is 35.5 Å². The molecule has 4 heterocycles. The fourth-order valence-corrected chi connectivity index (χ4v) is 5.04. The zero-order valence-electron chi connectivity index (χ0n) is 19.2. The van der Waals surface area contributed by atoms with Crippen molar-refractivity contribution in [3.63, 3.8) is 0 Å². The van der Waals surface area contributed by atoms with Crippen molar-refractivity contribution in [2.75, 3.05) is 7.11 Å². The summed E-state index contributed by atoms with van der Waals surface area (Å²) in [5.41, 5.74) is 1.50. The van der Waals surface area contributed by atoms with Gasteiger partial charge >= 0.3 is 6.18 Å². The number of thiazole rings is 1. The third-order valence-electron chi connectivity index (χ3n) is 6.14. The van der Waals surface area contributed by atoms with Crippen LogP contribution in [0.15, 0.2) is 24.7 Å². The van der Waals surface area contributed by atoms with E-state index < -0.39 is 17.6 Å². The van der Waals surface area contributed by atoms with Crippen molar-refractivity contribution in [1.29, 1.82) is 0 Å². The minimum Gasteiger partial charge on any atom is -0.481 e.